The molecule has 0 bridgehead atoms. The van der Waals surface area contributed by atoms with Crippen molar-refractivity contribution in [3.8, 4) is 0 Å². The quantitative estimate of drug-likeness (QED) is 0.350. The summed E-state index contributed by atoms with van der Waals surface area (Å²) in [6, 6.07) is 6.45. The molecule has 0 aliphatic heterocycles. The van der Waals surface area contributed by atoms with Gasteiger partial charge in [-0.3, -0.25) is 10.1 Å². The highest BCUT2D eigenvalue weighted by molar-refractivity contribution is 5.48. The molecule has 6 heteroatoms. The lowest BCUT2D eigenvalue weighted by Crippen LogP contribution is -2.21. The van der Waals surface area contributed by atoms with Gasteiger partial charge in [-0.2, -0.15) is 0 Å². The van der Waals surface area contributed by atoms with Crippen molar-refractivity contribution in [3.63, 3.8) is 0 Å². The molecule has 0 aromatic heterocycles. The van der Waals surface area contributed by atoms with Crippen LogP contribution in [0.25, 0.3) is 0 Å². The van der Waals surface area contributed by atoms with Crippen molar-refractivity contribution in [2.24, 2.45) is 5.73 Å². The summed E-state index contributed by atoms with van der Waals surface area (Å²) in [5, 5.41) is 17.0. The van der Waals surface area contributed by atoms with E-state index in [2.05, 4.69) is 10.6 Å². The number of benzene rings is 1. The smallest absolute Gasteiger partial charge is 0.269 e. The first-order chi connectivity index (χ1) is 8.74. The topological polar surface area (TPSA) is 93.2 Å². The second-order valence-corrected chi connectivity index (χ2v) is 3.98. The highest BCUT2D eigenvalue weighted by Gasteiger charge is 2.02. The van der Waals surface area contributed by atoms with Crippen molar-refractivity contribution in [1.82, 2.24) is 5.32 Å². The van der Waals surface area contributed by atoms with Gasteiger partial charge in [0.1, 0.15) is 0 Å². The molecule has 0 unspecified atom stereocenters. The van der Waals surface area contributed by atoms with Gasteiger partial charge in [-0.25, -0.2) is 0 Å². The molecule has 0 fully saturated rings. The minimum absolute atomic E-state index is 0.115. The Morgan fingerprint density at radius 1 is 1.11 bits per heavy atom. The van der Waals surface area contributed by atoms with Crippen LogP contribution in [0, 0.1) is 10.1 Å². The largest absolute Gasteiger partial charge is 0.385 e. The van der Waals surface area contributed by atoms with Crippen LogP contribution in [0.15, 0.2) is 24.3 Å². The van der Waals surface area contributed by atoms with Gasteiger partial charge in [0.05, 0.1) is 4.92 Å². The van der Waals surface area contributed by atoms with Crippen LogP contribution in [-0.4, -0.2) is 31.1 Å². The second kappa shape index (κ2) is 8.43. The van der Waals surface area contributed by atoms with Crippen LogP contribution in [0.3, 0.4) is 0 Å². The van der Waals surface area contributed by atoms with E-state index in [4.69, 9.17) is 5.73 Å². The summed E-state index contributed by atoms with van der Waals surface area (Å²) in [5.41, 5.74) is 6.40. The van der Waals surface area contributed by atoms with Crippen molar-refractivity contribution in [2.45, 2.75) is 12.8 Å². The van der Waals surface area contributed by atoms with Crippen molar-refractivity contribution in [2.75, 3.05) is 31.5 Å². The molecular weight excluding hydrogens is 232 g/mol. The third-order valence-corrected chi connectivity index (χ3v) is 2.50. The zero-order chi connectivity index (χ0) is 13.2. The lowest BCUT2D eigenvalue weighted by atomic mass is 10.3. The molecule has 0 amide bonds. The predicted octanol–water partition coefficient (Wildman–Crippen LogP) is 1.34. The Kier molecular flexibility index (Phi) is 6.75. The number of rotatable bonds is 9. The molecule has 0 atom stereocenters. The molecule has 0 aliphatic carbocycles. The van der Waals surface area contributed by atoms with Crippen LogP contribution < -0.4 is 16.4 Å². The molecular formula is C12H20N4O2. The number of hydrogen-bond acceptors (Lipinski definition) is 5. The minimum atomic E-state index is -0.398. The van der Waals surface area contributed by atoms with Crippen LogP contribution in [0.5, 0.6) is 0 Å². The lowest BCUT2D eigenvalue weighted by Gasteiger charge is -2.07. The Balaban J connectivity index is 2.14. The third-order valence-electron chi connectivity index (χ3n) is 2.50. The highest BCUT2D eigenvalue weighted by Crippen LogP contribution is 2.14. The predicted molar refractivity (Wildman–Crippen MR) is 72.7 cm³/mol. The van der Waals surface area contributed by atoms with Crippen LogP contribution in [0.2, 0.25) is 0 Å². The number of nitro benzene ring substituents is 1. The number of non-ortho nitro benzene ring substituents is 1. The molecule has 100 valence electrons. The molecule has 1 rings (SSSR count). The van der Waals surface area contributed by atoms with Gasteiger partial charge in [-0.05, 0) is 44.6 Å². The minimum Gasteiger partial charge on any atom is -0.385 e. The molecule has 0 radical (unpaired) electrons. The molecule has 1 aromatic carbocycles. The average molecular weight is 252 g/mol. The van der Waals surface area contributed by atoms with E-state index in [1.807, 2.05) is 0 Å². The fourth-order valence-corrected chi connectivity index (χ4v) is 1.50. The van der Waals surface area contributed by atoms with E-state index in [1.54, 1.807) is 12.1 Å². The van der Waals surface area contributed by atoms with E-state index < -0.39 is 4.92 Å². The van der Waals surface area contributed by atoms with Gasteiger partial charge in [-0.1, -0.05) is 0 Å². The Bertz CT molecular complexity index is 354. The van der Waals surface area contributed by atoms with Crippen molar-refractivity contribution < 1.29 is 4.92 Å². The number of anilines is 1. The molecule has 0 saturated heterocycles. The molecule has 18 heavy (non-hydrogen) atoms. The average Bonchev–Trinajstić information content (AvgIpc) is 2.38. The number of nitrogens with two attached hydrogens (primary N) is 1. The van der Waals surface area contributed by atoms with E-state index >= 15 is 0 Å². The van der Waals surface area contributed by atoms with E-state index in [0.29, 0.717) is 6.54 Å². The maximum absolute atomic E-state index is 10.5. The van der Waals surface area contributed by atoms with Gasteiger partial charge in [-0.15, -0.1) is 0 Å². The Morgan fingerprint density at radius 2 is 1.78 bits per heavy atom. The van der Waals surface area contributed by atoms with E-state index in [1.165, 1.54) is 12.1 Å². The number of hydrogen-bond donors (Lipinski definition) is 3. The number of nitrogens with one attached hydrogen (secondary N) is 2. The molecule has 0 aliphatic rings. The fraction of sp³-hybridized carbons (Fsp3) is 0.500. The first-order valence-electron chi connectivity index (χ1n) is 6.13. The van der Waals surface area contributed by atoms with E-state index in [-0.39, 0.29) is 5.69 Å². The van der Waals surface area contributed by atoms with Gasteiger partial charge in [0, 0.05) is 24.4 Å². The zero-order valence-corrected chi connectivity index (χ0v) is 10.4. The Labute approximate surface area is 107 Å². The summed E-state index contributed by atoms with van der Waals surface area (Å²) in [5.74, 6) is 0. The van der Waals surface area contributed by atoms with Crippen molar-refractivity contribution in [1.29, 1.82) is 0 Å². The lowest BCUT2D eigenvalue weighted by molar-refractivity contribution is -0.384. The molecule has 6 nitrogen and oxygen atoms in total. The fourth-order valence-electron chi connectivity index (χ4n) is 1.50. The monoisotopic (exact) mass is 252 g/mol. The summed E-state index contributed by atoms with van der Waals surface area (Å²) < 4.78 is 0. The number of nitrogens with zero attached hydrogens (tertiary/aromatic N) is 1. The SMILES string of the molecule is NCCCNCCCNc1ccc([N+](=O)[O-])cc1. The molecule has 0 spiro atoms. The van der Waals surface area contributed by atoms with Crippen LogP contribution in [0.4, 0.5) is 11.4 Å². The van der Waals surface area contributed by atoms with Gasteiger partial charge >= 0.3 is 0 Å². The maximum atomic E-state index is 10.5. The zero-order valence-electron chi connectivity index (χ0n) is 10.4. The summed E-state index contributed by atoms with van der Waals surface area (Å²) in [7, 11) is 0. The van der Waals surface area contributed by atoms with Gasteiger partial charge in [0.15, 0.2) is 0 Å². The van der Waals surface area contributed by atoms with Gasteiger partial charge in [0.2, 0.25) is 0 Å². The molecule has 0 heterocycles. The van der Waals surface area contributed by atoms with Crippen molar-refractivity contribution >= 4 is 11.4 Å². The van der Waals surface area contributed by atoms with Gasteiger partial charge in [0.25, 0.3) is 5.69 Å². The Morgan fingerprint density at radius 3 is 2.39 bits per heavy atom. The summed E-state index contributed by atoms with van der Waals surface area (Å²) in [6.45, 7) is 3.45. The van der Waals surface area contributed by atoms with Crippen LogP contribution >= 0.6 is 0 Å². The number of nitro groups is 1. The summed E-state index contributed by atoms with van der Waals surface area (Å²) in [6.07, 6.45) is 2.00. The summed E-state index contributed by atoms with van der Waals surface area (Å²) in [4.78, 5) is 10.1. The first kappa shape index (κ1) is 14.4. The summed E-state index contributed by atoms with van der Waals surface area (Å²) >= 11 is 0. The van der Waals surface area contributed by atoms with E-state index in [9.17, 15) is 10.1 Å². The van der Waals surface area contributed by atoms with Crippen LogP contribution in [0.1, 0.15) is 12.8 Å². The Hall–Kier alpha value is -1.66. The van der Waals surface area contributed by atoms with Gasteiger partial charge < -0.3 is 16.4 Å². The maximum Gasteiger partial charge on any atom is 0.269 e. The second-order valence-electron chi connectivity index (χ2n) is 3.98. The third kappa shape index (κ3) is 5.60. The normalized spacial score (nSPS) is 10.3. The highest BCUT2D eigenvalue weighted by atomic mass is 16.6. The standard InChI is InChI=1S/C12H20N4O2/c13-7-1-8-14-9-2-10-15-11-3-5-12(6-4-11)16(17)18/h3-6,14-15H,1-2,7-10,13H2. The molecule has 1 aromatic rings. The van der Waals surface area contributed by atoms with Crippen LogP contribution in [-0.2, 0) is 0 Å². The van der Waals surface area contributed by atoms with Crippen molar-refractivity contribution in [3.05, 3.63) is 34.4 Å². The van der Waals surface area contributed by atoms with E-state index in [0.717, 1.165) is 38.2 Å². The molecule has 4 N–H and O–H groups in total. The molecule has 0 saturated carbocycles. The first-order valence-corrected chi connectivity index (χ1v) is 6.13.